The summed E-state index contributed by atoms with van der Waals surface area (Å²) in [7, 11) is 0. The molecule has 0 aromatic carbocycles. The van der Waals surface area contributed by atoms with E-state index < -0.39 is 0 Å². The molecule has 4 heteroatoms. The minimum absolute atomic E-state index is 0.369. The second-order valence-corrected chi connectivity index (χ2v) is 2.78. The summed E-state index contributed by atoms with van der Waals surface area (Å²) in [6.45, 7) is 3.18. The first-order chi connectivity index (χ1) is 6.81. The number of nitriles is 1. The van der Waals surface area contributed by atoms with Crippen molar-refractivity contribution in [2.75, 3.05) is 6.54 Å². The van der Waals surface area contributed by atoms with Crippen molar-refractivity contribution in [1.82, 2.24) is 15.1 Å². The van der Waals surface area contributed by atoms with E-state index in [4.69, 9.17) is 11.7 Å². The fourth-order valence-electron chi connectivity index (χ4n) is 1.10. The Bertz CT molecular complexity index is 366. The van der Waals surface area contributed by atoms with Gasteiger partial charge in [-0.05, 0) is 6.92 Å². The van der Waals surface area contributed by atoms with Gasteiger partial charge in [-0.15, -0.1) is 6.42 Å². The lowest BCUT2D eigenvalue weighted by atomic mass is 10.2. The van der Waals surface area contributed by atoms with Crippen molar-refractivity contribution in [3.05, 3.63) is 18.0 Å². The summed E-state index contributed by atoms with van der Waals surface area (Å²) in [5.74, 6) is 2.43. The van der Waals surface area contributed by atoms with E-state index in [-0.39, 0.29) is 6.04 Å². The predicted molar refractivity (Wildman–Crippen MR) is 53.1 cm³/mol. The van der Waals surface area contributed by atoms with Gasteiger partial charge in [0.2, 0.25) is 0 Å². The number of nitrogens with one attached hydrogen (secondary N) is 1. The summed E-state index contributed by atoms with van der Waals surface area (Å²) in [4.78, 5) is 0. The van der Waals surface area contributed by atoms with Crippen LogP contribution in [0.3, 0.4) is 0 Å². The number of rotatable bonds is 4. The first kappa shape index (κ1) is 10.3. The van der Waals surface area contributed by atoms with Crippen LogP contribution in [-0.4, -0.2) is 16.3 Å². The fraction of sp³-hybridized carbons (Fsp3) is 0.400. The van der Waals surface area contributed by atoms with E-state index in [1.165, 1.54) is 0 Å². The maximum absolute atomic E-state index is 8.87. The van der Waals surface area contributed by atoms with Gasteiger partial charge in [-0.25, -0.2) is 0 Å². The van der Waals surface area contributed by atoms with Crippen LogP contribution in [-0.2, 0) is 6.54 Å². The van der Waals surface area contributed by atoms with Gasteiger partial charge in [0, 0.05) is 18.3 Å². The van der Waals surface area contributed by atoms with Crippen LogP contribution < -0.4 is 5.32 Å². The first-order valence-corrected chi connectivity index (χ1v) is 4.40. The van der Waals surface area contributed by atoms with Crippen molar-refractivity contribution in [3.8, 4) is 18.4 Å². The summed E-state index contributed by atoms with van der Waals surface area (Å²) in [5, 5.41) is 15.9. The van der Waals surface area contributed by atoms with E-state index in [0.29, 0.717) is 6.54 Å². The molecule has 0 amide bonds. The SMILES string of the molecule is C#CCNC(C#N)c1cnn(CC)c1. The third kappa shape index (κ3) is 2.35. The topological polar surface area (TPSA) is 53.6 Å². The molecule has 1 aromatic rings. The number of nitrogens with zero attached hydrogens (tertiary/aromatic N) is 3. The van der Waals surface area contributed by atoms with Crippen molar-refractivity contribution < 1.29 is 0 Å². The summed E-state index contributed by atoms with van der Waals surface area (Å²) in [6.07, 6.45) is 8.62. The Hall–Kier alpha value is -1.78. The van der Waals surface area contributed by atoms with Gasteiger partial charge in [0.15, 0.2) is 0 Å². The maximum Gasteiger partial charge on any atom is 0.125 e. The third-order valence-electron chi connectivity index (χ3n) is 1.85. The maximum atomic E-state index is 8.87. The molecule has 1 N–H and O–H groups in total. The second kappa shape index (κ2) is 5.06. The van der Waals surface area contributed by atoms with Gasteiger partial charge in [-0.1, -0.05) is 5.92 Å². The largest absolute Gasteiger partial charge is 0.287 e. The number of aromatic nitrogens is 2. The van der Waals surface area contributed by atoms with Crippen molar-refractivity contribution in [1.29, 1.82) is 5.26 Å². The van der Waals surface area contributed by atoms with Crippen LogP contribution in [0.15, 0.2) is 12.4 Å². The van der Waals surface area contributed by atoms with E-state index in [1.54, 1.807) is 10.9 Å². The highest BCUT2D eigenvalue weighted by atomic mass is 15.3. The van der Waals surface area contributed by atoms with Gasteiger partial charge >= 0.3 is 0 Å². The number of aryl methyl sites for hydroxylation is 1. The minimum Gasteiger partial charge on any atom is -0.287 e. The molecule has 72 valence electrons. The van der Waals surface area contributed by atoms with Crippen LogP contribution in [0.4, 0.5) is 0 Å². The van der Waals surface area contributed by atoms with Gasteiger partial charge in [-0.3, -0.25) is 10.00 Å². The molecule has 0 saturated carbocycles. The highest BCUT2D eigenvalue weighted by Crippen LogP contribution is 2.09. The fourth-order valence-corrected chi connectivity index (χ4v) is 1.10. The van der Waals surface area contributed by atoms with E-state index in [9.17, 15) is 0 Å². The standard InChI is InChI=1S/C10H12N4/c1-3-5-12-10(6-11)9-7-13-14(4-2)8-9/h1,7-8,10,12H,4-5H2,2H3. The molecule has 1 atom stereocenters. The zero-order chi connectivity index (χ0) is 10.4. The van der Waals surface area contributed by atoms with Crippen LogP contribution in [0.2, 0.25) is 0 Å². The van der Waals surface area contributed by atoms with Crippen LogP contribution in [0.25, 0.3) is 0 Å². The number of terminal acetylenes is 1. The van der Waals surface area contributed by atoms with Crippen LogP contribution in [0.1, 0.15) is 18.5 Å². The molecule has 0 radical (unpaired) electrons. The number of hydrogen-bond acceptors (Lipinski definition) is 3. The first-order valence-electron chi connectivity index (χ1n) is 4.40. The highest BCUT2D eigenvalue weighted by Gasteiger charge is 2.10. The summed E-state index contributed by atoms with van der Waals surface area (Å²) in [6, 6.07) is 1.76. The van der Waals surface area contributed by atoms with Gasteiger partial charge < -0.3 is 0 Å². The minimum atomic E-state index is -0.369. The molecule has 0 bridgehead atoms. The van der Waals surface area contributed by atoms with Gasteiger partial charge in [0.25, 0.3) is 0 Å². The monoisotopic (exact) mass is 188 g/mol. The molecule has 0 spiro atoms. The molecule has 14 heavy (non-hydrogen) atoms. The molecule has 0 fully saturated rings. The second-order valence-electron chi connectivity index (χ2n) is 2.78. The van der Waals surface area contributed by atoms with Crippen LogP contribution >= 0.6 is 0 Å². The van der Waals surface area contributed by atoms with Crippen LogP contribution in [0.5, 0.6) is 0 Å². The molecule has 0 aliphatic heterocycles. The molecule has 1 heterocycles. The zero-order valence-corrected chi connectivity index (χ0v) is 8.07. The van der Waals surface area contributed by atoms with Gasteiger partial charge in [0.05, 0.1) is 18.8 Å². The molecule has 4 nitrogen and oxygen atoms in total. The summed E-state index contributed by atoms with van der Waals surface area (Å²) < 4.78 is 1.78. The Balaban J connectivity index is 2.70. The van der Waals surface area contributed by atoms with E-state index in [0.717, 1.165) is 12.1 Å². The highest BCUT2D eigenvalue weighted by molar-refractivity contribution is 5.18. The van der Waals surface area contributed by atoms with Gasteiger partial charge in [-0.2, -0.15) is 10.4 Å². The summed E-state index contributed by atoms with van der Waals surface area (Å²) in [5.41, 5.74) is 0.851. The van der Waals surface area contributed by atoms with Crippen molar-refractivity contribution in [2.24, 2.45) is 0 Å². The average Bonchev–Trinajstić information content (AvgIpc) is 2.68. The Morgan fingerprint density at radius 1 is 1.79 bits per heavy atom. The molecular weight excluding hydrogens is 176 g/mol. The lowest BCUT2D eigenvalue weighted by Gasteiger charge is -2.05. The lowest BCUT2D eigenvalue weighted by Crippen LogP contribution is -2.19. The van der Waals surface area contributed by atoms with E-state index in [2.05, 4.69) is 22.4 Å². The van der Waals surface area contributed by atoms with Crippen molar-refractivity contribution in [3.63, 3.8) is 0 Å². The smallest absolute Gasteiger partial charge is 0.125 e. The van der Waals surface area contributed by atoms with Gasteiger partial charge in [0.1, 0.15) is 6.04 Å². The molecule has 1 unspecified atom stereocenters. The Morgan fingerprint density at radius 3 is 3.07 bits per heavy atom. The Labute approximate surface area is 83.5 Å². The lowest BCUT2D eigenvalue weighted by molar-refractivity contribution is 0.654. The average molecular weight is 188 g/mol. The Morgan fingerprint density at radius 2 is 2.57 bits per heavy atom. The molecule has 0 saturated heterocycles. The third-order valence-corrected chi connectivity index (χ3v) is 1.85. The predicted octanol–water partition coefficient (Wildman–Crippen LogP) is 0.690. The molecule has 1 rings (SSSR count). The normalized spacial score (nSPS) is 11.6. The Kier molecular flexibility index (Phi) is 3.72. The molecule has 0 aliphatic rings. The van der Waals surface area contributed by atoms with Crippen molar-refractivity contribution in [2.45, 2.75) is 19.5 Å². The quantitative estimate of drug-likeness (QED) is 0.707. The summed E-state index contributed by atoms with van der Waals surface area (Å²) >= 11 is 0. The number of hydrogen-bond donors (Lipinski definition) is 1. The van der Waals surface area contributed by atoms with E-state index >= 15 is 0 Å². The molecular formula is C10H12N4. The van der Waals surface area contributed by atoms with E-state index in [1.807, 2.05) is 13.1 Å². The molecule has 1 aromatic heterocycles. The van der Waals surface area contributed by atoms with Crippen LogP contribution in [0, 0.1) is 23.7 Å². The van der Waals surface area contributed by atoms with Crippen molar-refractivity contribution >= 4 is 0 Å². The molecule has 0 aliphatic carbocycles. The zero-order valence-electron chi connectivity index (χ0n) is 8.07.